The summed E-state index contributed by atoms with van der Waals surface area (Å²) in [5.74, 6) is 0.787. The summed E-state index contributed by atoms with van der Waals surface area (Å²) < 4.78 is 0. The van der Waals surface area contributed by atoms with E-state index in [1.807, 2.05) is 32.2 Å². The first-order valence-electron chi connectivity index (χ1n) is 7.71. The van der Waals surface area contributed by atoms with Gasteiger partial charge in [0.1, 0.15) is 0 Å². The highest BCUT2D eigenvalue weighted by Gasteiger charge is 2.24. The molecule has 0 bridgehead atoms. The molecule has 0 saturated carbocycles. The van der Waals surface area contributed by atoms with E-state index in [9.17, 15) is 4.79 Å². The highest BCUT2D eigenvalue weighted by atomic mass is 16.1. The second-order valence-electron chi connectivity index (χ2n) is 5.94. The average Bonchev–Trinajstić information content (AvgIpc) is 2.55. The fourth-order valence-corrected chi connectivity index (χ4v) is 2.68. The van der Waals surface area contributed by atoms with Crippen molar-refractivity contribution in [1.29, 1.82) is 0 Å². The number of fused-ring (bicyclic) bond motifs is 1. The van der Waals surface area contributed by atoms with E-state index in [-0.39, 0.29) is 17.9 Å². The van der Waals surface area contributed by atoms with Crippen LogP contribution in [-0.4, -0.2) is 20.9 Å². The maximum Gasteiger partial charge on any atom is 0.223 e. The molecule has 3 rings (SSSR count). The third kappa shape index (κ3) is 2.98. The molecule has 2 heterocycles. The summed E-state index contributed by atoms with van der Waals surface area (Å²) >= 11 is 0. The molecule has 1 aliphatic carbocycles. The van der Waals surface area contributed by atoms with E-state index in [0.717, 1.165) is 41.9 Å². The molecule has 0 radical (unpaired) electrons. The van der Waals surface area contributed by atoms with Crippen LogP contribution in [0.1, 0.15) is 44.0 Å². The Morgan fingerprint density at radius 3 is 2.82 bits per heavy atom. The van der Waals surface area contributed by atoms with Gasteiger partial charge in [0, 0.05) is 41.3 Å². The van der Waals surface area contributed by atoms with Gasteiger partial charge in [-0.25, -0.2) is 9.97 Å². The van der Waals surface area contributed by atoms with Gasteiger partial charge in [0.15, 0.2) is 5.82 Å². The standard InChI is InChI=1S/C17H20N4O/c1-11(2)17(22)21-15-5-3-4-14-13(15)10-19-16(20-14)12-6-8-18-9-7-12/h6-11,15H,3-5H2,1-2H3,(H,21,22)/t15-/m1/s1. The van der Waals surface area contributed by atoms with Gasteiger partial charge in [-0.1, -0.05) is 13.8 Å². The smallest absolute Gasteiger partial charge is 0.223 e. The van der Waals surface area contributed by atoms with Crippen molar-refractivity contribution >= 4 is 5.91 Å². The number of nitrogens with one attached hydrogen (secondary N) is 1. The third-order valence-corrected chi connectivity index (χ3v) is 3.96. The molecule has 2 aromatic rings. The second-order valence-corrected chi connectivity index (χ2v) is 5.94. The van der Waals surface area contributed by atoms with Crippen LogP contribution in [0.4, 0.5) is 0 Å². The molecule has 22 heavy (non-hydrogen) atoms. The average molecular weight is 296 g/mol. The number of aromatic nitrogens is 3. The Kier molecular flexibility index (Phi) is 4.13. The first kappa shape index (κ1) is 14.6. The molecule has 114 valence electrons. The largest absolute Gasteiger partial charge is 0.349 e. The maximum absolute atomic E-state index is 12.0. The minimum absolute atomic E-state index is 0.0117. The lowest BCUT2D eigenvalue weighted by Crippen LogP contribution is -2.34. The molecule has 0 fully saturated rings. The number of aryl methyl sites for hydroxylation is 1. The van der Waals surface area contributed by atoms with Gasteiger partial charge >= 0.3 is 0 Å². The molecule has 5 heteroatoms. The molecule has 0 saturated heterocycles. The third-order valence-electron chi connectivity index (χ3n) is 3.96. The molecular formula is C17H20N4O. The number of hydrogen-bond donors (Lipinski definition) is 1. The van der Waals surface area contributed by atoms with Crippen molar-refractivity contribution in [1.82, 2.24) is 20.3 Å². The van der Waals surface area contributed by atoms with Crippen molar-refractivity contribution < 1.29 is 4.79 Å². The summed E-state index contributed by atoms with van der Waals surface area (Å²) in [5.41, 5.74) is 3.06. The van der Waals surface area contributed by atoms with Gasteiger partial charge in [0.25, 0.3) is 0 Å². The Labute approximate surface area is 130 Å². The molecule has 0 aliphatic heterocycles. The lowest BCUT2D eigenvalue weighted by molar-refractivity contribution is -0.124. The van der Waals surface area contributed by atoms with Crippen LogP contribution in [0.15, 0.2) is 30.7 Å². The molecule has 1 aliphatic rings. The van der Waals surface area contributed by atoms with Crippen molar-refractivity contribution in [2.75, 3.05) is 0 Å². The van der Waals surface area contributed by atoms with Gasteiger partial charge in [0.05, 0.1) is 6.04 Å². The number of pyridine rings is 1. The first-order valence-corrected chi connectivity index (χ1v) is 7.71. The Bertz CT molecular complexity index is 670. The molecule has 2 aromatic heterocycles. The molecule has 5 nitrogen and oxygen atoms in total. The summed E-state index contributed by atoms with van der Waals surface area (Å²) in [6.45, 7) is 3.81. The van der Waals surface area contributed by atoms with Crippen LogP contribution < -0.4 is 5.32 Å². The molecular weight excluding hydrogens is 276 g/mol. The lowest BCUT2D eigenvalue weighted by Gasteiger charge is -2.26. The highest BCUT2D eigenvalue weighted by molar-refractivity contribution is 5.78. The van der Waals surface area contributed by atoms with E-state index >= 15 is 0 Å². The molecule has 1 N–H and O–H groups in total. The molecule has 1 amide bonds. The minimum Gasteiger partial charge on any atom is -0.349 e. The number of rotatable bonds is 3. The van der Waals surface area contributed by atoms with Crippen LogP contribution in [0.2, 0.25) is 0 Å². The van der Waals surface area contributed by atoms with E-state index < -0.39 is 0 Å². The van der Waals surface area contributed by atoms with E-state index in [0.29, 0.717) is 0 Å². The number of carbonyl (C=O) groups excluding carboxylic acids is 1. The maximum atomic E-state index is 12.0. The van der Waals surface area contributed by atoms with Crippen LogP contribution in [-0.2, 0) is 11.2 Å². The van der Waals surface area contributed by atoms with Crippen LogP contribution in [0.3, 0.4) is 0 Å². The topological polar surface area (TPSA) is 67.8 Å². The van der Waals surface area contributed by atoms with Gasteiger partial charge in [-0.3, -0.25) is 9.78 Å². The van der Waals surface area contributed by atoms with Crippen molar-refractivity contribution in [3.05, 3.63) is 42.0 Å². The fourth-order valence-electron chi connectivity index (χ4n) is 2.68. The normalized spacial score (nSPS) is 17.1. The van der Waals surface area contributed by atoms with Gasteiger partial charge in [0.2, 0.25) is 5.91 Å². The summed E-state index contributed by atoms with van der Waals surface area (Å²) in [6, 6.07) is 3.84. The Morgan fingerprint density at radius 1 is 1.32 bits per heavy atom. The van der Waals surface area contributed by atoms with Crippen LogP contribution in [0.5, 0.6) is 0 Å². The van der Waals surface area contributed by atoms with E-state index in [1.165, 1.54) is 0 Å². The van der Waals surface area contributed by atoms with Gasteiger partial charge < -0.3 is 5.32 Å². The van der Waals surface area contributed by atoms with Crippen LogP contribution in [0, 0.1) is 5.92 Å². The summed E-state index contributed by atoms with van der Waals surface area (Å²) in [5, 5.41) is 3.10. The van der Waals surface area contributed by atoms with E-state index in [1.54, 1.807) is 12.4 Å². The predicted octanol–water partition coefficient (Wildman–Crippen LogP) is 2.69. The number of hydrogen-bond acceptors (Lipinski definition) is 4. The zero-order chi connectivity index (χ0) is 15.5. The van der Waals surface area contributed by atoms with E-state index in [4.69, 9.17) is 4.98 Å². The summed E-state index contributed by atoms with van der Waals surface area (Å²) in [6.07, 6.45) is 8.26. The highest BCUT2D eigenvalue weighted by Crippen LogP contribution is 2.29. The van der Waals surface area contributed by atoms with Crippen LogP contribution in [0.25, 0.3) is 11.4 Å². The Balaban J connectivity index is 1.88. The van der Waals surface area contributed by atoms with Gasteiger partial charge in [-0.2, -0.15) is 0 Å². The molecule has 0 aromatic carbocycles. The van der Waals surface area contributed by atoms with Gasteiger partial charge in [-0.15, -0.1) is 0 Å². The second kappa shape index (κ2) is 6.22. The zero-order valence-corrected chi connectivity index (χ0v) is 12.9. The number of carbonyl (C=O) groups is 1. The van der Waals surface area contributed by atoms with Crippen molar-refractivity contribution in [2.24, 2.45) is 5.92 Å². The van der Waals surface area contributed by atoms with E-state index in [2.05, 4.69) is 15.3 Å². The Morgan fingerprint density at radius 2 is 2.09 bits per heavy atom. The van der Waals surface area contributed by atoms with Gasteiger partial charge in [-0.05, 0) is 31.4 Å². The summed E-state index contributed by atoms with van der Waals surface area (Å²) in [7, 11) is 0. The number of amides is 1. The molecule has 0 unspecified atom stereocenters. The number of nitrogens with zero attached hydrogens (tertiary/aromatic N) is 3. The Hall–Kier alpha value is -2.30. The van der Waals surface area contributed by atoms with Crippen LogP contribution >= 0.6 is 0 Å². The molecule has 1 atom stereocenters. The fraction of sp³-hybridized carbons (Fsp3) is 0.412. The quantitative estimate of drug-likeness (QED) is 0.945. The molecule has 0 spiro atoms. The summed E-state index contributed by atoms with van der Waals surface area (Å²) in [4.78, 5) is 25.1. The monoisotopic (exact) mass is 296 g/mol. The predicted molar refractivity (Wildman–Crippen MR) is 83.9 cm³/mol. The van der Waals surface area contributed by atoms with Crippen molar-refractivity contribution in [3.63, 3.8) is 0 Å². The SMILES string of the molecule is CC(C)C(=O)N[C@@H]1CCCc2nc(-c3ccncc3)ncc21. The van der Waals surface area contributed by atoms with Crippen molar-refractivity contribution in [3.8, 4) is 11.4 Å². The first-order chi connectivity index (χ1) is 10.6. The zero-order valence-electron chi connectivity index (χ0n) is 12.9. The van der Waals surface area contributed by atoms with Crippen molar-refractivity contribution in [2.45, 2.75) is 39.2 Å². The minimum atomic E-state index is -0.0117. The lowest BCUT2D eigenvalue weighted by atomic mass is 9.92.